The van der Waals surface area contributed by atoms with Gasteiger partial charge in [0.15, 0.2) is 0 Å². The van der Waals surface area contributed by atoms with Crippen LogP contribution in [0.5, 0.6) is 0 Å². The normalized spacial score (nSPS) is 23.8. The molecular weight excluding hydrogens is 226 g/mol. The Morgan fingerprint density at radius 1 is 1.22 bits per heavy atom. The molecule has 0 spiro atoms. The van der Waals surface area contributed by atoms with Gasteiger partial charge < -0.3 is 15.6 Å². The molecule has 0 radical (unpaired) electrons. The summed E-state index contributed by atoms with van der Waals surface area (Å²) in [7, 11) is 0. The summed E-state index contributed by atoms with van der Waals surface area (Å²) in [5.41, 5.74) is 5.66. The smallest absolute Gasteiger partial charge is 0.223 e. The predicted octanol–water partition coefficient (Wildman–Crippen LogP) is 1.37. The summed E-state index contributed by atoms with van der Waals surface area (Å²) in [5.74, 6) is 1.06. The summed E-state index contributed by atoms with van der Waals surface area (Å²) in [6.07, 6.45) is 8.23. The fourth-order valence-electron chi connectivity index (χ4n) is 2.63. The number of amides is 1. The molecule has 100 valence electrons. The van der Waals surface area contributed by atoms with Gasteiger partial charge in [0.1, 0.15) is 0 Å². The van der Waals surface area contributed by atoms with Crippen LogP contribution >= 0.6 is 0 Å². The van der Waals surface area contributed by atoms with Crippen LogP contribution in [-0.4, -0.2) is 23.6 Å². The molecule has 1 aliphatic rings. The molecule has 1 aliphatic carbocycles. The first-order valence-electron chi connectivity index (χ1n) is 6.88. The fraction of sp³-hybridized carbons (Fsp3) is 0.643. The standard InChI is InChI=1S/C14H23N3O/c15-11-12-3-5-13(6-4-12)14(18)16-7-10-17-8-1-2-9-17/h1-2,8-9,12-13H,3-7,10-11,15H2,(H,16,18). The van der Waals surface area contributed by atoms with Gasteiger partial charge in [0.25, 0.3) is 0 Å². The molecule has 0 atom stereocenters. The number of rotatable bonds is 5. The largest absolute Gasteiger partial charge is 0.354 e. The SMILES string of the molecule is NCC1CCC(C(=O)NCCn2cccc2)CC1. The second-order valence-corrected chi connectivity index (χ2v) is 5.17. The van der Waals surface area contributed by atoms with Crippen LogP contribution in [-0.2, 0) is 11.3 Å². The number of nitrogens with two attached hydrogens (primary N) is 1. The molecule has 3 N–H and O–H groups in total. The molecule has 1 aromatic rings. The first-order chi connectivity index (χ1) is 8.79. The summed E-state index contributed by atoms with van der Waals surface area (Å²) in [5, 5.41) is 3.03. The number of carbonyl (C=O) groups excluding carboxylic acids is 1. The Hall–Kier alpha value is -1.29. The maximum Gasteiger partial charge on any atom is 0.223 e. The van der Waals surface area contributed by atoms with Crippen molar-refractivity contribution in [2.75, 3.05) is 13.1 Å². The first-order valence-corrected chi connectivity index (χ1v) is 6.88. The van der Waals surface area contributed by atoms with Gasteiger partial charge >= 0.3 is 0 Å². The summed E-state index contributed by atoms with van der Waals surface area (Å²) < 4.78 is 2.08. The van der Waals surface area contributed by atoms with Crippen molar-refractivity contribution in [3.63, 3.8) is 0 Å². The van der Waals surface area contributed by atoms with Crippen molar-refractivity contribution in [2.24, 2.45) is 17.6 Å². The van der Waals surface area contributed by atoms with Gasteiger partial charge in [0.05, 0.1) is 0 Å². The van der Waals surface area contributed by atoms with Crippen LogP contribution in [0, 0.1) is 11.8 Å². The van der Waals surface area contributed by atoms with E-state index >= 15 is 0 Å². The van der Waals surface area contributed by atoms with E-state index in [0.717, 1.165) is 38.8 Å². The lowest BCUT2D eigenvalue weighted by molar-refractivity contribution is -0.126. The highest BCUT2D eigenvalue weighted by Crippen LogP contribution is 2.27. The third-order valence-electron chi connectivity index (χ3n) is 3.89. The zero-order chi connectivity index (χ0) is 12.8. The van der Waals surface area contributed by atoms with Gasteiger partial charge in [-0.05, 0) is 50.3 Å². The molecule has 1 heterocycles. The highest BCUT2D eigenvalue weighted by atomic mass is 16.1. The monoisotopic (exact) mass is 249 g/mol. The van der Waals surface area contributed by atoms with Crippen LogP contribution in [0.4, 0.5) is 0 Å². The zero-order valence-electron chi connectivity index (χ0n) is 10.8. The van der Waals surface area contributed by atoms with Crippen LogP contribution in [0.15, 0.2) is 24.5 Å². The van der Waals surface area contributed by atoms with E-state index < -0.39 is 0 Å². The minimum absolute atomic E-state index is 0.206. The number of aromatic nitrogens is 1. The van der Waals surface area contributed by atoms with E-state index in [9.17, 15) is 4.79 Å². The van der Waals surface area contributed by atoms with Crippen molar-refractivity contribution in [1.29, 1.82) is 0 Å². The molecule has 0 aliphatic heterocycles. The Balaban J connectivity index is 1.66. The molecule has 1 amide bonds. The van der Waals surface area contributed by atoms with Crippen molar-refractivity contribution < 1.29 is 4.79 Å². The van der Waals surface area contributed by atoms with Crippen molar-refractivity contribution >= 4 is 5.91 Å². The summed E-state index contributed by atoms with van der Waals surface area (Å²) >= 11 is 0. The van der Waals surface area contributed by atoms with Crippen LogP contribution in [0.25, 0.3) is 0 Å². The van der Waals surface area contributed by atoms with E-state index in [-0.39, 0.29) is 11.8 Å². The molecule has 1 saturated carbocycles. The average molecular weight is 249 g/mol. The maximum atomic E-state index is 12.0. The second-order valence-electron chi connectivity index (χ2n) is 5.17. The lowest BCUT2D eigenvalue weighted by Gasteiger charge is -2.26. The molecular formula is C14H23N3O. The topological polar surface area (TPSA) is 60.1 Å². The highest BCUT2D eigenvalue weighted by Gasteiger charge is 2.25. The molecule has 1 fully saturated rings. The van der Waals surface area contributed by atoms with Gasteiger partial charge in [-0.1, -0.05) is 0 Å². The summed E-state index contributed by atoms with van der Waals surface area (Å²) in [6, 6.07) is 3.99. The van der Waals surface area contributed by atoms with E-state index in [1.54, 1.807) is 0 Å². The number of nitrogens with one attached hydrogen (secondary N) is 1. The van der Waals surface area contributed by atoms with Crippen molar-refractivity contribution in [3.8, 4) is 0 Å². The quantitative estimate of drug-likeness (QED) is 0.828. The maximum absolute atomic E-state index is 12.0. The van der Waals surface area contributed by atoms with E-state index in [0.29, 0.717) is 12.5 Å². The molecule has 18 heavy (non-hydrogen) atoms. The Morgan fingerprint density at radius 3 is 2.50 bits per heavy atom. The number of hydrogen-bond donors (Lipinski definition) is 2. The molecule has 4 heteroatoms. The average Bonchev–Trinajstić information content (AvgIpc) is 2.92. The molecule has 0 bridgehead atoms. The van der Waals surface area contributed by atoms with Gasteiger partial charge in [-0.3, -0.25) is 4.79 Å². The van der Waals surface area contributed by atoms with Gasteiger partial charge in [-0.2, -0.15) is 0 Å². The summed E-state index contributed by atoms with van der Waals surface area (Å²) in [6.45, 7) is 2.32. The van der Waals surface area contributed by atoms with Gasteiger partial charge in [-0.15, -0.1) is 0 Å². The fourth-order valence-corrected chi connectivity index (χ4v) is 2.63. The number of nitrogens with zero attached hydrogens (tertiary/aromatic N) is 1. The Labute approximate surface area is 109 Å². The molecule has 4 nitrogen and oxygen atoms in total. The second kappa shape index (κ2) is 6.59. The van der Waals surface area contributed by atoms with Crippen LogP contribution in [0.2, 0.25) is 0 Å². The lowest BCUT2D eigenvalue weighted by Crippen LogP contribution is -2.35. The lowest BCUT2D eigenvalue weighted by atomic mass is 9.81. The molecule has 2 rings (SSSR count). The van der Waals surface area contributed by atoms with Gasteiger partial charge in [-0.25, -0.2) is 0 Å². The number of hydrogen-bond acceptors (Lipinski definition) is 2. The minimum Gasteiger partial charge on any atom is -0.354 e. The van der Waals surface area contributed by atoms with Crippen molar-refractivity contribution in [1.82, 2.24) is 9.88 Å². The highest BCUT2D eigenvalue weighted by molar-refractivity contribution is 5.78. The van der Waals surface area contributed by atoms with E-state index in [2.05, 4.69) is 9.88 Å². The van der Waals surface area contributed by atoms with Crippen molar-refractivity contribution in [2.45, 2.75) is 32.2 Å². The first kappa shape index (κ1) is 13.1. The van der Waals surface area contributed by atoms with Crippen molar-refractivity contribution in [3.05, 3.63) is 24.5 Å². The minimum atomic E-state index is 0.206. The van der Waals surface area contributed by atoms with Crippen LogP contribution < -0.4 is 11.1 Å². The van der Waals surface area contributed by atoms with Gasteiger partial charge in [0, 0.05) is 31.4 Å². The van der Waals surface area contributed by atoms with E-state index in [4.69, 9.17) is 5.73 Å². The number of carbonyl (C=O) groups is 1. The Bertz CT molecular complexity index is 353. The van der Waals surface area contributed by atoms with Gasteiger partial charge in [0.2, 0.25) is 5.91 Å². The van der Waals surface area contributed by atoms with E-state index in [1.165, 1.54) is 0 Å². The van der Waals surface area contributed by atoms with Crippen LogP contribution in [0.1, 0.15) is 25.7 Å². The third-order valence-corrected chi connectivity index (χ3v) is 3.89. The molecule has 1 aromatic heterocycles. The third kappa shape index (κ3) is 3.60. The molecule has 0 unspecified atom stereocenters. The van der Waals surface area contributed by atoms with Crippen LogP contribution in [0.3, 0.4) is 0 Å². The van der Waals surface area contributed by atoms with E-state index in [1.807, 2.05) is 24.5 Å². The Morgan fingerprint density at radius 2 is 1.89 bits per heavy atom. The molecule has 0 saturated heterocycles. The summed E-state index contributed by atoms with van der Waals surface area (Å²) in [4.78, 5) is 12.0. The Kier molecular flexibility index (Phi) is 4.81. The predicted molar refractivity (Wildman–Crippen MR) is 71.9 cm³/mol. The zero-order valence-corrected chi connectivity index (χ0v) is 10.8. The molecule has 0 aromatic carbocycles.